The number of ether oxygens (including phenoxy) is 2. The van der Waals surface area contributed by atoms with Crippen LogP contribution in [0.1, 0.15) is 65.7 Å². The Labute approximate surface area is 207 Å². The molecule has 0 saturated carbocycles. The molecule has 0 saturated heterocycles. The lowest BCUT2D eigenvalue weighted by molar-refractivity contribution is 0.0677. The topological polar surface area (TPSA) is 72.8 Å². The van der Waals surface area contributed by atoms with Crippen molar-refractivity contribution in [3.8, 4) is 22.6 Å². The van der Waals surface area contributed by atoms with Crippen LogP contribution in [-0.2, 0) is 0 Å². The first-order valence-corrected chi connectivity index (χ1v) is 12.1. The van der Waals surface area contributed by atoms with Crippen LogP contribution in [0.4, 0.5) is 0 Å². The predicted octanol–water partition coefficient (Wildman–Crippen LogP) is 7.57. The lowest BCUT2D eigenvalue weighted by Gasteiger charge is -2.14. The Kier molecular flexibility index (Phi) is 10.1. The maximum Gasteiger partial charge on any atom is 0.343 e. The number of carboxylic acids is 1. The molecule has 0 aromatic heterocycles. The van der Waals surface area contributed by atoms with Gasteiger partial charge in [0.05, 0.1) is 12.2 Å². The molecule has 182 valence electrons. The van der Waals surface area contributed by atoms with Crippen molar-refractivity contribution in [2.45, 2.75) is 44.9 Å². The summed E-state index contributed by atoms with van der Waals surface area (Å²) in [7, 11) is 0. The van der Waals surface area contributed by atoms with Crippen molar-refractivity contribution in [3.63, 3.8) is 0 Å². The fourth-order valence-corrected chi connectivity index (χ4v) is 3.76. The number of carbonyl (C=O) groups is 2. The molecule has 1 N–H and O–H groups in total. The van der Waals surface area contributed by atoms with Crippen LogP contribution in [-0.4, -0.2) is 23.7 Å². The Morgan fingerprint density at radius 3 is 2.11 bits per heavy atom. The average molecular weight is 473 g/mol. The van der Waals surface area contributed by atoms with Crippen LogP contribution in [0.15, 0.2) is 85.5 Å². The molecule has 0 radical (unpaired) electrons. The summed E-state index contributed by atoms with van der Waals surface area (Å²) in [6, 6.07) is 21.5. The van der Waals surface area contributed by atoms with Crippen LogP contribution in [0.25, 0.3) is 11.1 Å². The number of benzene rings is 3. The first-order valence-electron chi connectivity index (χ1n) is 12.1. The zero-order valence-electron chi connectivity index (χ0n) is 19.9. The molecule has 0 bridgehead atoms. The van der Waals surface area contributed by atoms with Crippen molar-refractivity contribution in [1.82, 2.24) is 0 Å². The summed E-state index contributed by atoms with van der Waals surface area (Å²) >= 11 is 0. The Balaban J connectivity index is 1.62. The molecule has 5 nitrogen and oxygen atoms in total. The largest absolute Gasteiger partial charge is 0.490 e. The number of esters is 1. The first kappa shape index (κ1) is 25.8. The molecule has 35 heavy (non-hydrogen) atoms. The molecule has 3 aromatic carbocycles. The normalized spacial score (nSPS) is 10.5. The van der Waals surface area contributed by atoms with Gasteiger partial charge >= 0.3 is 11.9 Å². The van der Waals surface area contributed by atoms with Crippen LogP contribution < -0.4 is 9.47 Å². The van der Waals surface area contributed by atoms with Crippen LogP contribution in [0.2, 0.25) is 0 Å². The SMILES string of the molecule is C=CCCCCCCCCOc1cccc(C(=O)O)c1OC(=O)c1ccc(-c2ccccc2)cc1. The van der Waals surface area contributed by atoms with E-state index in [0.29, 0.717) is 12.2 Å². The molecule has 3 aromatic rings. The smallest absolute Gasteiger partial charge is 0.343 e. The zero-order valence-corrected chi connectivity index (χ0v) is 19.9. The second-order valence-corrected chi connectivity index (χ2v) is 8.32. The van der Waals surface area contributed by atoms with E-state index >= 15 is 0 Å². The van der Waals surface area contributed by atoms with Gasteiger partial charge in [-0.1, -0.05) is 80.3 Å². The van der Waals surface area contributed by atoms with Gasteiger partial charge in [0.15, 0.2) is 11.5 Å². The van der Waals surface area contributed by atoms with Crippen molar-refractivity contribution in [1.29, 1.82) is 0 Å². The second kappa shape index (κ2) is 13.8. The van der Waals surface area contributed by atoms with Gasteiger partial charge in [-0.15, -0.1) is 6.58 Å². The lowest BCUT2D eigenvalue weighted by atomic mass is 10.0. The number of allylic oxidation sites excluding steroid dienone is 1. The van der Waals surface area contributed by atoms with Crippen LogP contribution in [0.5, 0.6) is 11.5 Å². The van der Waals surface area contributed by atoms with Crippen molar-refractivity contribution in [3.05, 3.63) is 96.6 Å². The molecule has 0 heterocycles. The molecule has 0 aliphatic heterocycles. The Bertz CT molecular complexity index is 1100. The number of carbonyl (C=O) groups excluding carboxylic acids is 1. The molecule has 0 amide bonds. The van der Waals surface area contributed by atoms with E-state index in [-0.39, 0.29) is 17.1 Å². The molecule has 0 fully saturated rings. The van der Waals surface area contributed by atoms with Gasteiger partial charge in [-0.2, -0.15) is 0 Å². The van der Waals surface area contributed by atoms with E-state index in [4.69, 9.17) is 9.47 Å². The molecule has 0 spiro atoms. The third kappa shape index (κ3) is 7.85. The van der Waals surface area contributed by atoms with E-state index in [2.05, 4.69) is 6.58 Å². The van der Waals surface area contributed by atoms with Crippen molar-refractivity contribution in [2.75, 3.05) is 6.61 Å². The average Bonchev–Trinajstić information content (AvgIpc) is 2.89. The Morgan fingerprint density at radius 1 is 0.771 bits per heavy atom. The van der Waals surface area contributed by atoms with Gasteiger partial charge in [0.2, 0.25) is 0 Å². The molecule has 0 atom stereocenters. The maximum atomic E-state index is 12.8. The van der Waals surface area contributed by atoms with E-state index in [9.17, 15) is 14.7 Å². The standard InChI is InChI=1S/C30H32O5/c1-2-3-4-5-6-7-8-12-22-34-27-17-13-16-26(29(31)32)28(27)35-30(33)25-20-18-24(19-21-25)23-14-10-9-11-15-23/h2,9-11,13-21H,1,3-8,12,22H2,(H,31,32). The highest BCUT2D eigenvalue weighted by Gasteiger charge is 2.21. The molecule has 3 rings (SSSR count). The summed E-state index contributed by atoms with van der Waals surface area (Å²) in [5, 5.41) is 9.61. The van der Waals surface area contributed by atoms with Gasteiger partial charge < -0.3 is 14.6 Å². The van der Waals surface area contributed by atoms with Crippen molar-refractivity contribution >= 4 is 11.9 Å². The number of carboxylic acid groups (broad SMARTS) is 1. The minimum atomic E-state index is -1.18. The monoisotopic (exact) mass is 472 g/mol. The van der Waals surface area contributed by atoms with Gasteiger partial charge in [-0.05, 0) is 54.7 Å². The first-order chi connectivity index (χ1) is 17.1. The maximum absolute atomic E-state index is 12.8. The fraction of sp³-hybridized carbons (Fsp3) is 0.267. The molecule has 0 aliphatic rings. The van der Waals surface area contributed by atoms with Crippen LogP contribution >= 0.6 is 0 Å². The van der Waals surface area contributed by atoms with E-state index in [1.807, 2.05) is 48.5 Å². The number of unbranched alkanes of at least 4 members (excludes halogenated alkanes) is 6. The minimum Gasteiger partial charge on any atom is -0.490 e. The Morgan fingerprint density at radius 2 is 1.43 bits per heavy atom. The zero-order chi connectivity index (χ0) is 24.9. The molecular weight excluding hydrogens is 440 g/mol. The van der Waals surface area contributed by atoms with E-state index in [1.54, 1.807) is 24.3 Å². The van der Waals surface area contributed by atoms with Crippen LogP contribution in [0, 0.1) is 0 Å². The van der Waals surface area contributed by atoms with Gasteiger partial charge in [0.1, 0.15) is 5.56 Å². The molecule has 5 heteroatoms. The van der Waals surface area contributed by atoms with E-state index in [0.717, 1.165) is 36.8 Å². The van der Waals surface area contributed by atoms with Gasteiger partial charge in [-0.3, -0.25) is 0 Å². The number of para-hydroxylation sites is 1. The van der Waals surface area contributed by atoms with Gasteiger partial charge in [0.25, 0.3) is 0 Å². The minimum absolute atomic E-state index is 0.0680. The van der Waals surface area contributed by atoms with Crippen molar-refractivity contribution < 1.29 is 24.2 Å². The lowest BCUT2D eigenvalue weighted by Crippen LogP contribution is -2.13. The molecular formula is C30H32O5. The highest BCUT2D eigenvalue weighted by molar-refractivity contribution is 5.96. The predicted molar refractivity (Wildman–Crippen MR) is 138 cm³/mol. The Hall–Kier alpha value is -3.86. The molecule has 0 aliphatic carbocycles. The number of hydrogen-bond donors (Lipinski definition) is 1. The number of aromatic carboxylic acids is 1. The summed E-state index contributed by atoms with van der Waals surface area (Å²) in [6.45, 7) is 4.16. The summed E-state index contributed by atoms with van der Waals surface area (Å²) in [5.41, 5.74) is 2.22. The molecule has 0 unspecified atom stereocenters. The third-order valence-corrected chi connectivity index (χ3v) is 5.69. The van der Waals surface area contributed by atoms with Crippen LogP contribution in [0.3, 0.4) is 0 Å². The number of rotatable bonds is 14. The third-order valence-electron chi connectivity index (χ3n) is 5.69. The number of hydrogen-bond acceptors (Lipinski definition) is 4. The van der Waals surface area contributed by atoms with Gasteiger partial charge in [0, 0.05) is 0 Å². The summed E-state index contributed by atoms with van der Waals surface area (Å²) in [5.74, 6) is -1.63. The second-order valence-electron chi connectivity index (χ2n) is 8.32. The highest BCUT2D eigenvalue weighted by Crippen LogP contribution is 2.32. The van der Waals surface area contributed by atoms with Gasteiger partial charge in [-0.25, -0.2) is 9.59 Å². The van der Waals surface area contributed by atoms with Crippen molar-refractivity contribution in [2.24, 2.45) is 0 Å². The summed E-state index contributed by atoms with van der Waals surface area (Å²) in [4.78, 5) is 24.6. The van der Waals surface area contributed by atoms with E-state index < -0.39 is 11.9 Å². The van der Waals surface area contributed by atoms with E-state index in [1.165, 1.54) is 25.3 Å². The summed E-state index contributed by atoms with van der Waals surface area (Å²) in [6.07, 6.45) is 9.53. The summed E-state index contributed by atoms with van der Waals surface area (Å²) < 4.78 is 11.4. The quantitative estimate of drug-likeness (QED) is 0.113. The fourth-order valence-electron chi connectivity index (χ4n) is 3.76. The highest BCUT2D eigenvalue weighted by atomic mass is 16.6.